The fourth-order valence-corrected chi connectivity index (χ4v) is 1.93. The first kappa shape index (κ1) is 10.3. The minimum atomic E-state index is -0.743. The van der Waals surface area contributed by atoms with Crippen LogP contribution in [0.5, 0.6) is 0 Å². The molecular weight excluding hydrogens is 164 g/mol. The number of hydrogen-bond donors (Lipinski definition) is 1. The third-order valence-electron chi connectivity index (χ3n) is 2.74. The lowest BCUT2D eigenvalue weighted by Gasteiger charge is -2.18. The van der Waals surface area contributed by atoms with Gasteiger partial charge in [-0.25, -0.2) is 4.79 Å². The van der Waals surface area contributed by atoms with Crippen LogP contribution in [0.25, 0.3) is 0 Å². The molecule has 0 aromatic rings. The van der Waals surface area contributed by atoms with E-state index < -0.39 is 5.97 Å². The number of hydrogen-bond acceptors (Lipinski definition) is 1. The van der Waals surface area contributed by atoms with Crippen LogP contribution >= 0.6 is 0 Å². The topological polar surface area (TPSA) is 37.3 Å². The summed E-state index contributed by atoms with van der Waals surface area (Å²) in [5.41, 5.74) is 0.590. The van der Waals surface area contributed by atoms with Crippen molar-refractivity contribution in [2.24, 2.45) is 5.92 Å². The Morgan fingerprint density at radius 1 is 1.38 bits per heavy atom. The lowest BCUT2D eigenvalue weighted by molar-refractivity contribution is -0.132. The number of allylic oxidation sites excluding steroid dienone is 1. The molecule has 0 aromatic heterocycles. The van der Waals surface area contributed by atoms with Crippen LogP contribution in [0.4, 0.5) is 0 Å². The van der Waals surface area contributed by atoms with Crippen molar-refractivity contribution in [3.8, 4) is 0 Å². The van der Waals surface area contributed by atoms with E-state index in [9.17, 15) is 4.79 Å². The van der Waals surface area contributed by atoms with Gasteiger partial charge in [-0.05, 0) is 25.2 Å². The predicted molar refractivity (Wildman–Crippen MR) is 52.6 cm³/mol. The monoisotopic (exact) mass is 182 g/mol. The maximum absolute atomic E-state index is 10.7. The van der Waals surface area contributed by atoms with Gasteiger partial charge in [0.25, 0.3) is 0 Å². The number of aliphatic carboxylic acids is 1. The first-order valence-corrected chi connectivity index (χ1v) is 5.18. The van der Waals surface area contributed by atoms with Crippen LogP contribution in [0.2, 0.25) is 0 Å². The van der Waals surface area contributed by atoms with Gasteiger partial charge in [0.15, 0.2) is 0 Å². The second kappa shape index (κ2) is 5.05. The molecule has 0 aliphatic heterocycles. The van der Waals surface area contributed by atoms with Crippen LogP contribution in [-0.2, 0) is 4.79 Å². The summed E-state index contributed by atoms with van der Waals surface area (Å²) in [5, 5.41) is 8.84. The van der Waals surface area contributed by atoms with Crippen LogP contribution in [0.15, 0.2) is 11.6 Å². The summed E-state index contributed by atoms with van der Waals surface area (Å²) >= 11 is 0. The van der Waals surface area contributed by atoms with E-state index >= 15 is 0 Å². The van der Waals surface area contributed by atoms with Crippen molar-refractivity contribution in [1.82, 2.24) is 0 Å². The molecule has 1 N–H and O–H groups in total. The summed E-state index contributed by atoms with van der Waals surface area (Å²) < 4.78 is 0. The minimum absolute atomic E-state index is 0.528. The maximum atomic E-state index is 10.7. The van der Waals surface area contributed by atoms with Gasteiger partial charge in [0.1, 0.15) is 0 Å². The van der Waals surface area contributed by atoms with E-state index in [1.807, 2.05) is 13.0 Å². The van der Waals surface area contributed by atoms with Crippen molar-refractivity contribution in [3.63, 3.8) is 0 Å². The molecule has 1 saturated carbocycles. The molecule has 2 heteroatoms. The third-order valence-corrected chi connectivity index (χ3v) is 2.74. The highest BCUT2D eigenvalue weighted by molar-refractivity contribution is 5.86. The normalized spacial score (nSPS) is 20.2. The van der Waals surface area contributed by atoms with E-state index in [0.29, 0.717) is 17.9 Å². The molecule has 0 saturated heterocycles. The van der Waals surface area contributed by atoms with Crippen LogP contribution in [-0.4, -0.2) is 11.1 Å². The first-order valence-electron chi connectivity index (χ1n) is 5.18. The summed E-state index contributed by atoms with van der Waals surface area (Å²) in [6.07, 6.45) is 8.81. The largest absolute Gasteiger partial charge is 0.478 e. The lowest BCUT2D eigenvalue weighted by Crippen LogP contribution is -2.07. The molecule has 0 heterocycles. The summed E-state index contributed by atoms with van der Waals surface area (Å²) in [6, 6.07) is 0. The average Bonchev–Trinajstić information content (AvgIpc) is 2.15. The molecule has 0 bridgehead atoms. The highest BCUT2D eigenvalue weighted by atomic mass is 16.4. The molecule has 1 aliphatic rings. The maximum Gasteiger partial charge on any atom is 0.331 e. The molecular formula is C11H18O2. The number of carboxylic acids is 1. The van der Waals surface area contributed by atoms with Crippen molar-refractivity contribution >= 4 is 5.97 Å². The van der Waals surface area contributed by atoms with Crippen molar-refractivity contribution < 1.29 is 9.90 Å². The Morgan fingerprint density at radius 2 is 2.00 bits per heavy atom. The Balaban J connectivity index is 2.54. The smallest absolute Gasteiger partial charge is 0.331 e. The first-order chi connectivity index (χ1) is 6.24. The van der Waals surface area contributed by atoms with E-state index in [1.165, 1.54) is 32.1 Å². The fourth-order valence-electron chi connectivity index (χ4n) is 1.93. The van der Waals surface area contributed by atoms with Gasteiger partial charge in [-0.15, -0.1) is 0 Å². The van der Waals surface area contributed by atoms with Gasteiger partial charge in [-0.1, -0.05) is 32.3 Å². The lowest BCUT2D eigenvalue weighted by atomic mass is 9.87. The zero-order valence-corrected chi connectivity index (χ0v) is 8.25. The number of rotatable bonds is 3. The predicted octanol–water partition coefficient (Wildman–Crippen LogP) is 2.99. The van der Waals surface area contributed by atoms with Gasteiger partial charge < -0.3 is 5.11 Å². The SMILES string of the molecule is CCC(=CC1CCCCC1)C(=O)O. The molecule has 1 fully saturated rings. The van der Waals surface area contributed by atoms with Gasteiger partial charge in [0, 0.05) is 5.57 Å². The Bertz CT molecular complexity index is 200. The van der Waals surface area contributed by atoms with Crippen molar-refractivity contribution in [3.05, 3.63) is 11.6 Å². The van der Waals surface area contributed by atoms with Crippen molar-refractivity contribution in [2.75, 3.05) is 0 Å². The Hall–Kier alpha value is -0.790. The molecule has 0 spiro atoms. The van der Waals surface area contributed by atoms with Crippen LogP contribution in [0.1, 0.15) is 45.4 Å². The Morgan fingerprint density at radius 3 is 2.46 bits per heavy atom. The summed E-state index contributed by atoms with van der Waals surface area (Å²) in [5.74, 6) is -0.215. The Kier molecular flexibility index (Phi) is 4.00. The fraction of sp³-hybridized carbons (Fsp3) is 0.727. The highest BCUT2D eigenvalue weighted by Gasteiger charge is 2.13. The number of carbonyl (C=O) groups is 1. The van der Waals surface area contributed by atoms with E-state index in [-0.39, 0.29) is 0 Å². The zero-order valence-electron chi connectivity index (χ0n) is 8.25. The van der Waals surface area contributed by atoms with E-state index in [0.717, 1.165) is 0 Å². The van der Waals surface area contributed by atoms with Gasteiger partial charge in [-0.3, -0.25) is 0 Å². The van der Waals surface area contributed by atoms with Gasteiger partial charge in [0.2, 0.25) is 0 Å². The molecule has 0 amide bonds. The molecule has 2 nitrogen and oxygen atoms in total. The van der Waals surface area contributed by atoms with E-state index in [2.05, 4.69) is 0 Å². The summed E-state index contributed by atoms with van der Waals surface area (Å²) in [6.45, 7) is 1.91. The van der Waals surface area contributed by atoms with Crippen molar-refractivity contribution in [2.45, 2.75) is 45.4 Å². The highest BCUT2D eigenvalue weighted by Crippen LogP contribution is 2.26. The molecule has 1 rings (SSSR count). The molecule has 0 radical (unpaired) electrons. The standard InChI is InChI=1S/C11H18O2/c1-2-10(11(12)13)8-9-6-4-3-5-7-9/h8-9H,2-7H2,1H3,(H,12,13). The summed E-state index contributed by atoms with van der Waals surface area (Å²) in [7, 11) is 0. The van der Waals surface area contributed by atoms with Crippen LogP contribution in [0.3, 0.4) is 0 Å². The minimum Gasteiger partial charge on any atom is -0.478 e. The second-order valence-corrected chi connectivity index (χ2v) is 3.75. The third kappa shape index (κ3) is 3.21. The quantitative estimate of drug-likeness (QED) is 0.681. The molecule has 0 unspecified atom stereocenters. The molecule has 74 valence electrons. The zero-order chi connectivity index (χ0) is 9.68. The van der Waals surface area contributed by atoms with E-state index in [4.69, 9.17) is 5.11 Å². The second-order valence-electron chi connectivity index (χ2n) is 3.75. The Labute approximate surface area is 79.6 Å². The van der Waals surface area contributed by atoms with Gasteiger partial charge in [0.05, 0.1) is 0 Å². The van der Waals surface area contributed by atoms with Gasteiger partial charge >= 0.3 is 5.97 Å². The van der Waals surface area contributed by atoms with Crippen LogP contribution in [0, 0.1) is 5.92 Å². The van der Waals surface area contributed by atoms with Gasteiger partial charge in [-0.2, -0.15) is 0 Å². The molecule has 0 aromatic carbocycles. The molecule has 0 atom stereocenters. The summed E-state index contributed by atoms with van der Waals surface area (Å²) in [4.78, 5) is 10.7. The molecule has 13 heavy (non-hydrogen) atoms. The van der Waals surface area contributed by atoms with E-state index in [1.54, 1.807) is 0 Å². The number of carboxylic acid groups (broad SMARTS) is 1. The van der Waals surface area contributed by atoms with Crippen LogP contribution < -0.4 is 0 Å². The average molecular weight is 182 g/mol. The molecule has 1 aliphatic carbocycles. The van der Waals surface area contributed by atoms with Crippen molar-refractivity contribution in [1.29, 1.82) is 0 Å².